The summed E-state index contributed by atoms with van der Waals surface area (Å²) in [5.74, 6) is -0.973. The summed E-state index contributed by atoms with van der Waals surface area (Å²) in [5.41, 5.74) is 2.14. The van der Waals surface area contributed by atoms with E-state index in [1.54, 1.807) is 61.5 Å². The minimum atomic E-state index is -3.97. The molecule has 0 atom stereocenters. The lowest BCUT2D eigenvalue weighted by Gasteiger charge is -2.24. The van der Waals surface area contributed by atoms with E-state index in [2.05, 4.69) is 5.32 Å². The minimum absolute atomic E-state index is 0.0900. The van der Waals surface area contributed by atoms with Crippen LogP contribution in [0.2, 0.25) is 0 Å². The topological polar surface area (TPSA) is 92.8 Å². The molecule has 3 rings (SSSR count). The maximum Gasteiger partial charge on any atom is 0.338 e. The molecule has 166 valence electrons. The summed E-state index contributed by atoms with van der Waals surface area (Å²) < 4.78 is 32.6. The smallest absolute Gasteiger partial charge is 0.338 e. The lowest BCUT2D eigenvalue weighted by Crippen LogP contribution is -2.38. The molecule has 8 heteroatoms. The fourth-order valence-corrected chi connectivity index (χ4v) is 4.42. The molecule has 0 saturated heterocycles. The number of esters is 1. The molecule has 0 saturated carbocycles. The van der Waals surface area contributed by atoms with Crippen LogP contribution in [0.15, 0.2) is 83.8 Å². The van der Waals surface area contributed by atoms with Crippen molar-refractivity contribution in [2.45, 2.75) is 18.7 Å². The molecule has 0 fully saturated rings. The Hall–Kier alpha value is -3.65. The lowest BCUT2D eigenvalue weighted by molar-refractivity contribution is -0.114. The van der Waals surface area contributed by atoms with Crippen LogP contribution in [0, 0.1) is 6.92 Å². The van der Waals surface area contributed by atoms with Crippen molar-refractivity contribution in [3.63, 3.8) is 0 Å². The second-order valence-electron chi connectivity index (χ2n) is 7.01. The number of ether oxygens (including phenoxy) is 1. The third-order valence-corrected chi connectivity index (χ3v) is 6.41. The number of anilines is 2. The minimum Gasteiger partial charge on any atom is -0.462 e. The number of nitrogens with one attached hydrogen (secondary N) is 1. The monoisotopic (exact) mass is 452 g/mol. The normalized spacial score (nSPS) is 10.9. The van der Waals surface area contributed by atoms with Crippen LogP contribution in [0.4, 0.5) is 11.4 Å². The van der Waals surface area contributed by atoms with E-state index < -0.39 is 28.4 Å². The van der Waals surface area contributed by atoms with Crippen molar-refractivity contribution in [1.82, 2.24) is 0 Å². The molecule has 1 amide bonds. The number of benzene rings is 3. The van der Waals surface area contributed by atoms with Gasteiger partial charge >= 0.3 is 5.97 Å². The van der Waals surface area contributed by atoms with Gasteiger partial charge in [-0.1, -0.05) is 35.9 Å². The molecule has 3 aromatic rings. The number of hydrogen-bond donors (Lipinski definition) is 1. The van der Waals surface area contributed by atoms with Crippen LogP contribution < -0.4 is 9.62 Å². The van der Waals surface area contributed by atoms with E-state index in [1.807, 2.05) is 6.92 Å². The average Bonchev–Trinajstić information content (AvgIpc) is 2.79. The predicted octanol–water partition coefficient (Wildman–Crippen LogP) is 4.01. The van der Waals surface area contributed by atoms with Gasteiger partial charge in [-0.05, 0) is 62.4 Å². The molecular formula is C24H24N2O5S. The van der Waals surface area contributed by atoms with Crippen molar-refractivity contribution < 1.29 is 22.7 Å². The predicted molar refractivity (Wildman–Crippen MR) is 123 cm³/mol. The van der Waals surface area contributed by atoms with Crippen LogP contribution in [-0.2, 0) is 19.6 Å². The highest BCUT2D eigenvalue weighted by molar-refractivity contribution is 7.92. The molecule has 7 nitrogen and oxygen atoms in total. The van der Waals surface area contributed by atoms with E-state index in [0.717, 1.165) is 9.87 Å². The third kappa shape index (κ3) is 5.53. The summed E-state index contributed by atoms with van der Waals surface area (Å²) in [6.07, 6.45) is 0. The van der Waals surface area contributed by atoms with Gasteiger partial charge in [-0.15, -0.1) is 0 Å². The Kier molecular flexibility index (Phi) is 7.27. The van der Waals surface area contributed by atoms with Crippen molar-refractivity contribution in [2.24, 2.45) is 0 Å². The number of carbonyl (C=O) groups is 2. The Balaban J connectivity index is 1.83. The highest BCUT2D eigenvalue weighted by atomic mass is 32.2. The highest BCUT2D eigenvalue weighted by Crippen LogP contribution is 2.24. The number of amides is 1. The zero-order valence-corrected chi connectivity index (χ0v) is 18.6. The summed E-state index contributed by atoms with van der Waals surface area (Å²) in [6.45, 7) is 3.46. The van der Waals surface area contributed by atoms with E-state index in [0.29, 0.717) is 16.9 Å². The molecule has 0 heterocycles. The molecule has 0 aromatic heterocycles. The number of nitrogens with zero attached hydrogens (tertiary/aromatic N) is 1. The average molecular weight is 453 g/mol. The van der Waals surface area contributed by atoms with Gasteiger partial charge in [0.1, 0.15) is 6.54 Å². The lowest BCUT2D eigenvalue weighted by atomic mass is 10.2. The fraction of sp³-hybridized carbons (Fsp3) is 0.167. The van der Waals surface area contributed by atoms with E-state index in [4.69, 9.17) is 4.74 Å². The van der Waals surface area contributed by atoms with Crippen molar-refractivity contribution in [3.8, 4) is 0 Å². The number of carbonyl (C=O) groups excluding carboxylic acids is 2. The van der Waals surface area contributed by atoms with Gasteiger partial charge in [0.2, 0.25) is 5.91 Å². The van der Waals surface area contributed by atoms with Crippen molar-refractivity contribution in [1.29, 1.82) is 0 Å². The first-order valence-electron chi connectivity index (χ1n) is 10.0. The Morgan fingerprint density at radius 2 is 1.53 bits per heavy atom. The van der Waals surface area contributed by atoms with Gasteiger partial charge in [0.15, 0.2) is 0 Å². The Morgan fingerprint density at radius 3 is 2.12 bits per heavy atom. The van der Waals surface area contributed by atoms with Crippen LogP contribution >= 0.6 is 0 Å². The molecule has 0 spiro atoms. The Labute approximate surface area is 187 Å². The molecule has 0 aliphatic carbocycles. The third-order valence-electron chi connectivity index (χ3n) is 4.62. The maximum absolute atomic E-state index is 13.3. The van der Waals surface area contributed by atoms with Gasteiger partial charge < -0.3 is 10.1 Å². The quantitative estimate of drug-likeness (QED) is 0.522. The SMILES string of the molecule is CCOC(=O)c1ccc(NC(=O)CN(c2ccc(C)cc2)S(=O)(=O)c2ccccc2)cc1. The summed E-state index contributed by atoms with van der Waals surface area (Å²) in [7, 11) is -3.97. The van der Waals surface area contributed by atoms with E-state index >= 15 is 0 Å². The molecule has 0 unspecified atom stereocenters. The number of hydrogen-bond acceptors (Lipinski definition) is 5. The van der Waals surface area contributed by atoms with Crippen LogP contribution in [0.5, 0.6) is 0 Å². The van der Waals surface area contributed by atoms with Gasteiger partial charge in [-0.25, -0.2) is 13.2 Å². The van der Waals surface area contributed by atoms with Crippen LogP contribution in [0.1, 0.15) is 22.8 Å². The van der Waals surface area contributed by atoms with E-state index in [1.165, 1.54) is 24.3 Å². The summed E-state index contributed by atoms with van der Waals surface area (Å²) >= 11 is 0. The fourth-order valence-electron chi connectivity index (χ4n) is 2.98. The molecule has 0 radical (unpaired) electrons. The molecule has 0 aliphatic rings. The number of rotatable bonds is 8. The van der Waals surface area contributed by atoms with Gasteiger partial charge in [0.25, 0.3) is 10.0 Å². The first-order chi connectivity index (χ1) is 15.3. The van der Waals surface area contributed by atoms with E-state index in [9.17, 15) is 18.0 Å². The zero-order valence-electron chi connectivity index (χ0n) is 17.8. The van der Waals surface area contributed by atoms with Crippen molar-refractivity contribution in [2.75, 3.05) is 22.8 Å². The second-order valence-corrected chi connectivity index (χ2v) is 8.87. The maximum atomic E-state index is 13.3. The molecule has 0 bridgehead atoms. The van der Waals surface area contributed by atoms with Gasteiger partial charge in [-0.3, -0.25) is 9.10 Å². The standard InChI is InChI=1S/C24H24N2O5S/c1-3-31-24(28)19-11-13-20(14-12-19)25-23(27)17-26(21-15-9-18(2)10-16-21)32(29,30)22-7-5-4-6-8-22/h4-16H,3,17H2,1-2H3,(H,25,27). The molecule has 3 aromatic carbocycles. The second kappa shape index (κ2) is 10.1. The summed E-state index contributed by atoms with van der Waals surface area (Å²) in [4.78, 5) is 24.6. The summed E-state index contributed by atoms with van der Waals surface area (Å²) in [5, 5.41) is 2.68. The van der Waals surface area contributed by atoms with Crippen molar-refractivity contribution >= 4 is 33.3 Å². The number of sulfonamides is 1. The molecular weight excluding hydrogens is 428 g/mol. The van der Waals surface area contributed by atoms with Crippen LogP contribution in [-0.4, -0.2) is 33.4 Å². The van der Waals surface area contributed by atoms with Crippen molar-refractivity contribution in [3.05, 3.63) is 90.0 Å². The highest BCUT2D eigenvalue weighted by Gasteiger charge is 2.27. The molecule has 0 aliphatic heterocycles. The largest absolute Gasteiger partial charge is 0.462 e. The molecule has 32 heavy (non-hydrogen) atoms. The van der Waals surface area contributed by atoms with Gasteiger partial charge in [-0.2, -0.15) is 0 Å². The first kappa shape index (κ1) is 23.0. The van der Waals surface area contributed by atoms with Gasteiger partial charge in [0, 0.05) is 5.69 Å². The zero-order chi connectivity index (χ0) is 23.1. The molecule has 1 N–H and O–H groups in total. The van der Waals surface area contributed by atoms with Gasteiger partial charge in [0.05, 0.1) is 22.8 Å². The first-order valence-corrected chi connectivity index (χ1v) is 11.5. The number of aryl methyl sites for hydroxylation is 1. The van der Waals surface area contributed by atoms with Crippen LogP contribution in [0.25, 0.3) is 0 Å². The summed E-state index contributed by atoms with van der Waals surface area (Å²) in [6, 6.07) is 21.1. The van der Waals surface area contributed by atoms with Crippen LogP contribution in [0.3, 0.4) is 0 Å². The Bertz CT molecular complexity index is 1180. The van der Waals surface area contributed by atoms with E-state index in [-0.39, 0.29) is 11.5 Å². The Morgan fingerprint density at radius 1 is 0.906 bits per heavy atom.